The molecular weight excluding hydrogens is 275 g/mol. The van der Waals surface area contributed by atoms with Gasteiger partial charge < -0.3 is 5.32 Å². The first-order chi connectivity index (χ1) is 9.93. The predicted octanol–water partition coefficient (Wildman–Crippen LogP) is 4.71. The van der Waals surface area contributed by atoms with E-state index in [2.05, 4.69) is 5.32 Å². The molecule has 0 aliphatic heterocycles. The van der Waals surface area contributed by atoms with Crippen molar-refractivity contribution in [2.24, 2.45) is 0 Å². The summed E-state index contributed by atoms with van der Waals surface area (Å²) in [4.78, 5) is 0. The molecule has 2 aromatic rings. The van der Waals surface area contributed by atoms with Gasteiger partial charge in [-0.2, -0.15) is 13.2 Å². The van der Waals surface area contributed by atoms with Crippen molar-refractivity contribution in [1.29, 1.82) is 0 Å². The molecule has 1 atom stereocenters. The van der Waals surface area contributed by atoms with Crippen molar-refractivity contribution in [3.05, 3.63) is 70.8 Å². The van der Waals surface area contributed by atoms with E-state index in [4.69, 9.17) is 0 Å². The molecule has 2 rings (SSSR count). The van der Waals surface area contributed by atoms with Crippen LogP contribution in [-0.2, 0) is 6.18 Å². The quantitative estimate of drug-likeness (QED) is 0.860. The molecule has 21 heavy (non-hydrogen) atoms. The molecule has 0 fully saturated rings. The summed E-state index contributed by atoms with van der Waals surface area (Å²) in [7, 11) is 0. The summed E-state index contributed by atoms with van der Waals surface area (Å²) in [6.07, 6.45) is -4.30. The maximum atomic E-state index is 12.6. The van der Waals surface area contributed by atoms with Crippen LogP contribution in [0.2, 0.25) is 0 Å². The highest BCUT2D eigenvalue weighted by Crippen LogP contribution is 2.31. The molecular formula is C17H18F3N. The molecule has 0 spiro atoms. The van der Waals surface area contributed by atoms with Crippen LogP contribution in [0.25, 0.3) is 0 Å². The van der Waals surface area contributed by atoms with Gasteiger partial charge in [-0.1, -0.05) is 43.3 Å². The molecule has 0 aliphatic rings. The van der Waals surface area contributed by atoms with E-state index < -0.39 is 11.7 Å². The van der Waals surface area contributed by atoms with Crippen molar-refractivity contribution in [3.8, 4) is 0 Å². The van der Waals surface area contributed by atoms with Crippen molar-refractivity contribution in [2.45, 2.75) is 26.1 Å². The molecule has 2 aromatic carbocycles. The Bertz CT molecular complexity index is 588. The van der Waals surface area contributed by atoms with Crippen LogP contribution in [0.3, 0.4) is 0 Å². The Hall–Kier alpha value is -1.81. The summed E-state index contributed by atoms with van der Waals surface area (Å²) in [5, 5.41) is 3.33. The van der Waals surface area contributed by atoms with Crippen LogP contribution in [0.1, 0.15) is 35.2 Å². The van der Waals surface area contributed by atoms with Crippen LogP contribution in [0.15, 0.2) is 48.5 Å². The van der Waals surface area contributed by atoms with E-state index in [1.807, 2.05) is 38.1 Å². The van der Waals surface area contributed by atoms with Crippen LogP contribution in [0, 0.1) is 6.92 Å². The van der Waals surface area contributed by atoms with Gasteiger partial charge in [0.25, 0.3) is 0 Å². The van der Waals surface area contributed by atoms with E-state index in [0.29, 0.717) is 0 Å². The Morgan fingerprint density at radius 2 is 1.62 bits per heavy atom. The van der Waals surface area contributed by atoms with E-state index in [0.717, 1.165) is 35.4 Å². The first-order valence-electron chi connectivity index (χ1n) is 6.89. The molecule has 0 saturated carbocycles. The molecule has 112 valence electrons. The molecule has 0 aliphatic carbocycles. The number of nitrogens with one attached hydrogen (secondary N) is 1. The highest BCUT2D eigenvalue weighted by atomic mass is 19.4. The van der Waals surface area contributed by atoms with Crippen molar-refractivity contribution in [1.82, 2.24) is 5.32 Å². The number of hydrogen-bond donors (Lipinski definition) is 1. The Labute approximate surface area is 122 Å². The van der Waals surface area contributed by atoms with Gasteiger partial charge in [-0.15, -0.1) is 0 Å². The number of rotatable bonds is 4. The summed E-state index contributed by atoms with van der Waals surface area (Å²) in [5.41, 5.74) is 2.41. The van der Waals surface area contributed by atoms with Gasteiger partial charge >= 0.3 is 6.18 Å². The van der Waals surface area contributed by atoms with Crippen LogP contribution in [0.5, 0.6) is 0 Å². The zero-order valence-corrected chi connectivity index (χ0v) is 12.0. The average molecular weight is 293 g/mol. The van der Waals surface area contributed by atoms with Gasteiger partial charge in [0.05, 0.1) is 11.6 Å². The molecule has 4 heteroatoms. The SMILES string of the molecule is CCNC(c1ccc(C(F)(F)F)cc1)c1ccccc1C. The molecule has 0 saturated heterocycles. The minimum absolute atomic E-state index is 0.0986. The van der Waals surface area contributed by atoms with Crippen LogP contribution >= 0.6 is 0 Å². The molecule has 0 radical (unpaired) electrons. The topological polar surface area (TPSA) is 12.0 Å². The zero-order chi connectivity index (χ0) is 15.5. The average Bonchev–Trinajstić information content (AvgIpc) is 2.45. The number of alkyl halides is 3. The minimum Gasteiger partial charge on any atom is -0.307 e. The van der Waals surface area contributed by atoms with Crippen molar-refractivity contribution < 1.29 is 13.2 Å². The maximum absolute atomic E-state index is 12.6. The monoisotopic (exact) mass is 293 g/mol. The molecule has 0 amide bonds. The highest BCUT2D eigenvalue weighted by molar-refractivity contribution is 5.38. The lowest BCUT2D eigenvalue weighted by Crippen LogP contribution is -2.22. The van der Waals surface area contributed by atoms with Gasteiger partial charge in [0.1, 0.15) is 0 Å². The molecule has 0 heterocycles. The molecule has 1 unspecified atom stereocenters. The number of hydrogen-bond acceptors (Lipinski definition) is 1. The highest BCUT2D eigenvalue weighted by Gasteiger charge is 2.30. The summed E-state index contributed by atoms with van der Waals surface area (Å²) in [5.74, 6) is 0. The number of benzene rings is 2. The van der Waals surface area contributed by atoms with E-state index in [1.165, 1.54) is 0 Å². The third-order valence-electron chi connectivity index (χ3n) is 3.48. The lowest BCUT2D eigenvalue weighted by atomic mass is 9.94. The van der Waals surface area contributed by atoms with E-state index in [9.17, 15) is 13.2 Å². The number of aryl methyl sites for hydroxylation is 1. The van der Waals surface area contributed by atoms with Gasteiger partial charge in [0, 0.05) is 0 Å². The van der Waals surface area contributed by atoms with Crippen molar-refractivity contribution >= 4 is 0 Å². The molecule has 1 nitrogen and oxygen atoms in total. The summed E-state index contributed by atoms with van der Waals surface area (Å²) in [6, 6.07) is 13.2. The lowest BCUT2D eigenvalue weighted by molar-refractivity contribution is -0.137. The normalized spacial score (nSPS) is 13.2. The third-order valence-corrected chi connectivity index (χ3v) is 3.48. The Kier molecular flexibility index (Phi) is 4.68. The zero-order valence-electron chi connectivity index (χ0n) is 12.0. The fourth-order valence-electron chi connectivity index (χ4n) is 2.39. The largest absolute Gasteiger partial charge is 0.416 e. The van der Waals surface area contributed by atoms with Crippen molar-refractivity contribution in [3.63, 3.8) is 0 Å². The predicted molar refractivity (Wildman–Crippen MR) is 78.1 cm³/mol. The minimum atomic E-state index is -4.30. The molecule has 1 N–H and O–H groups in total. The van der Waals surface area contributed by atoms with Crippen LogP contribution < -0.4 is 5.32 Å². The first-order valence-corrected chi connectivity index (χ1v) is 6.89. The fourth-order valence-corrected chi connectivity index (χ4v) is 2.39. The second-order valence-electron chi connectivity index (χ2n) is 4.97. The lowest BCUT2D eigenvalue weighted by Gasteiger charge is -2.21. The molecule has 0 bridgehead atoms. The van der Waals surface area contributed by atoms with Crippen LogP contribution in [0.4, 0.5) is 13.2 Å². The Morgan fingerprint density at radius 3 is 2.14 bits per heavy atom. The second-order valence-corrected chi connectivity index (χ2v) is 4.97. The summed E-state index contributed by atoms with van der Waals surface area (Å²) < 4.78 is 37.9. The van der Waals surface area contributed by atoms with E-state index >= 15 is 0 Å². The van der Waals surface area contributed by atoms with Gasteiger partial charge in [-0.05, 0) is 42.3 Å². The smallest absolute Gasteiger partial charge is 0.307 e. The van der Waals surface area contributed by atoms with Gasteiger partial charge in [0.2, 0.25) is 0 Å². The maximum Gasteiger partial charge on any atom is 0.416 e. The summed E-state index contributed by atoms with van der Waals surface area (Å²) >= 11 is 0. The van der Waals surface area contributed by atoms with E-state index in [1.54, 1.807) is 12.1 Å². The third kappa shape index (κ3) is 3.64. The van der Waals surface area contributed by atoms with Gasteiger partial charge in [0.15, 0.2) is 0 Å². The molecule has 0 aromatic heterocycles. The van der Waals surface area contributed by atoms with Crippen molar-refractivity contribution in [2.75, 3.05) is 6.54 Å². The second kappa shape index (κ2) is 6.31. The van der Waals surface area contributed by atoms with Gasteiger partial charge in [-0.3, -0.25) is 0 Å². The van der Waals surface area contributed by atoms with Gasteiger partial charge in [-0.25, -0.2) is 0 Å². The van der Waals surface area contributed by atoms with Crippen LogP contribution in [-0.4, -0.2) is 6.54 Å². The number of halogens is 3. The first kappa shape index (κ1) is 15.6. The Morgan fingerprint density at radius 1 is 1.00 bits per heavy atom. The van der Waals surface area contributed by atoms with E-state index in [-0.39, 0.29) is 6.04 Å². The Balaban J connectivity index is 2.37. The fraction of sp³-hybridized carbons (Fsp3) is 0.294. The standard InChI is InChI=1S/C17H18F3N/c1-3-21-16(15-7-5-4-6-12(15)2)13-8-10-14(11-9-13)17(18,19)20/h4-11,16,21H,3H2,1-2H3. The summed E-state index contributed by atoms with van der Waals surface area (Å²) in [6.45, 7) is 4.72.